The molecule has 0 radical (unpaired) electrons. The molecule has 12 heteroatoms. The van der Waals surface area contributed by atoms with Gasteiger partial charge in [0.15, 0.2) is 11.5 Å². The molecule has 0 aliphatic heterocycles. The highest BCUT2D eigenvalue weighted by atomic mass is 19.1. The van der Waals surface area contributed by atoms with Crippen LogP contribution in [0.15, 0.2) is 63.2 Å². The van der Waals surface area contributed by atoms with E-state index in [-0.39, 0.29) is 29.1 Å². The van der Waals surface area contributed by atoms with Crippen LogP contribution in [0.4, 0.5) is 9.18 Å². The summed E-state index contributed by atoms with van der Waals surface area (Å²) in [6.07, 6.45) is 3.33. The van der Waals surface area contributed by atoms with Crippen LogP contribution in [0.2, 0.25) is 0 Å². The summed E-state index contributed by atoms with van der Waals surface area (Å²) in [5, 5.41) is 4.00. The number of hydrogen-bond acceptors (Lipinski definition) is 9. The standard InChI is InChI=1S/C24H24FN7O4/c1-24(2,3)36-23(34)32-21-15(22(33)31(32)4)13-28-20(29-21)17(26)11-19(18-9-10-35-30-18)27-12-14-7-5-6-8-16(14)25/h5-11,13H,12,26H2,1-4H3/b17-11-,27-19?. The molecule has 0 amide bonds. The van der Waals surface area contributed by atoms with Crippen molar-refractivity contribution in [2.45, 2.75) is 32.9 Å². The molecule has 11 nitrogen and oxygen atoms in total. The van der Waals surface area contributed by atoms with E-state index in [9.17, 15) is 14.0 Å². The van der Waals surface area contributed by atoms with Gasteiger partial charge in [0.2, 0.25) is 0 Å². The van der Waals surface area contributed by atoms with Crippen molar-refractivity contribution in [2.24, 2.45) is 17.8 Å². The average Bonchev–Trinajstić information content (AvgIpc) is 3.43. The minimum atomic E-state index is -0.792. The van der Waals surface area contributed by atoms with Gasteiger partial charge in [-0.15, -0.1) is 0 Å². The number of aromatic nitrogens is 5. The molecule has 186 valence electrons. The number of nitrogens with zero attached hydrogens (tertiary/aromatic N) is 6. The lowest BCUT2D eigenvalue weighted by atomic mass is 10.2. The zero-order valence-corrected chi connectivity index (χ0v) is 20.1. The van der Waals surface area contributed by atoms with Gasteiger partial charge in [0.05, 0.1) is 18.0 Å². The van der Waals surface area contributed by atoms with Gasteiger partial charge < -0.3 is 15.0 Å². The van der Waals surface area contributed by atoms with Gasteiger partial charge in [-0.1, -0.05) is 23.4 Å². The number of fused-ring (bicyclic) bond motifs is 1. The van der Waals surface area contributed by atoms with Gasteiger partial charge in [-0.25, -0.2) is 23.8 Å². The van der Waals surface area contributed by atoms with Gasteiger partial charge in [-0.3, -0.25) is 9.79 Å². The highest BCUT2D eigenvalue weighted by molar-refractivity contribution is 6.10. The van der Waals surface area contributed by atoms with Crippen molar-refractivity contribution >= 4 is 28.5 Å². The van der Waals surface area contributed by atoms with Gasteiger partial charge in [-0.2, -0.15) is 4.68 Å². The fraction of sp³-hybridized carbons (Fsp3) is 0.250. The number of benzene rings is 1. The van der Waals surface area contributed by atoms with Crippen LogP contribution in [-0.4, -0.2) is 41.9 Å². The maximum Gasteiger partial charge on any atom is 0.435 e. The molecule has 1 aromatic carbocycles. The molecular formula is C24H24FN7O4. The van der Waals surface area contributed by atoms with E-state index in [1.165, 1.54) is 31.7 Å². The average molecular weight is 493 g/mol. The van der Waals surface area contributed by atoms with Crippen molar-refractivity contribution in [1.82, 2.24) is 24.5 Å². The Bertz CT molecular complexity index is 1540. The largest absolute Gasteiger partial charge is 0.442 e. The zero-order valence-electron chi connectivity index (χ0n) is 20.1. The number of ether oxygens (including phenoxy) is 1. The van der Waals surface area contributed by atoms with Crippen LogP contribution in [0.25, 0.3) is 16.7 Å². The van der Waals surface area contributed by atoms with Crippen LogP contribution < -0.4 is 11.3 Å². The van der Waals surface area contributed by atoms with Gasteiger partial charge >= 0.3 is 6.09 Å². The Morgan fingerprint density at radius 2 is 2.03 bits per heavy atom. The lowest BCUT2D eigenvalue weighted by Crippen LogP contribution is -2.32. The molecule has 3 aromatic heterocycles. The highest BCUT2D eigenvalue weighted by Crippen LogP contribution is 2.16. The minimum absolute atomic E-state index is 0.0232. The second-order valence-corrected chi connectivity index (χ2v) is 8.83. The van der Waals surface area contributed by atoms with E-state index in [1.807, 2.05) is 0 Å². The highest BCUT2D eigenvalue weighted by Gasteiger charge is 2.24. The van der Waals surface area contributed by atoms with Gasteiger partial charge in [0, 0.05) is 24.9 Å². The van der Waals surface area contributed by atoms with Crippen LogP contribution in [0, 0.1) is 5.82 Å². The molecule has 4 aromatic rings. The Morgan fingerprint density at radius 1 is 1.28 bits per heavy atom. The molecule has 0 saturated heterocycles. The maximum absolute atomic E-state index is 14.1. The molecule has 3 heterocycles. The lowest BCUT2D eigenvalue weighted by molar-refractivity contribution is 0.0502. The van der Waals surface area contributed by atoms with Crippen molar-refractivity contribution in [2.75, 3.05) is 0 Å². The summed E-state index contributed by atoms with van der Waals surface area (Å²) >= 11 is 0. The van der Waals surface area contributed by atoms with Crippen molar-refractivity contribution in [3.63, 3.8) is 0 Å². The molecular weight excluding hydrogens is 469 g/mol. The molecule has 4 rings (SSSR count). The van der Waals surface area contributed by atoms with E-state index >= 15 is 0 Å². The predicted octanol–water partition coefficient (Wildman–Crippen LogP) is 3.03. The minimum Gasteiger partial charge on any atom is -0.442 e. The van der Waals surface area contributed by atoms with E-state index in [0.29, 0.717) is 17.0 Å². The Labute approximate surface area is 204 Å². The summed E-state index contributed by atoms with van der Waals surface area (Å²) in [7, 11) is 1.42. The third-order valence-electron chi connectivity index (χ3n) is 4.99. The van der Waals surface area contributed by atoms with E-state index in [1.54, 1.807) is 45.0 Å². The number of carbonyl (C=O) groups excluding carboxylic acids is 1. The van der Waals surface area contributed by atoms with Crippen molar-refractivity contribution in [1.29, 1.82) is 0 Å². The molecule has 2 N–H and O–H groups in total. The normalized spacial score (nSPS) is 12.8. The maximum atomic E-state index is 14.1. The van der Waals surface area contributed by atoms with Crippen LogP contribution in [0.3, 0.4) is 0 Å². The first-order valence-electron chi connectivity index (χ1n) is 10.9. The number of carbonyl (C=O) groups is 1. The molecule has 0 aliphatic carbocycles. The van der Waals surface area contributed by atoms with Crippen molar-refractivity contribution in [3.05, 3.63) is 82.1 Å². The van der Waals surface area contributed by atoms with Crippen molar-refractivity contribution < 1.29 is 18.4 Å². The third kappa shape index (κ3) is 5.06. The molecule has 0 unspecified atom stereocenters. The van der Waals surface area contributed by atoms with E-state index in [0.717, 1.165) is 9.36 Å². The number of halogens is 1. The number of nitrogens with two attached hydrogens (primary N) is 1. The SMILES string of the molecule is Cn1c(=O)c2cnc(/C(N)=C/C(=NCc3ccccc3F)c3ccon3)nc2n1C(=O)OC(C)(C)C. The van der Waals surface area contributed by atoms with Crippen LogP contribution in [0.1, 0.15) is 37.9 Å². The molecule has 0 aliphatic rings. The first kappa shape index (κ1) is 24.5. The molecule has 0 atom stereocenters. The number of rotatable bonds is 5. The van der Waals surface area contributed by atoms with Crippen molar-refractivity contribution in [3.8, 4) is 0 Å². The molecule has 0 spiro atoms. The quantitative estimate of drug-likeness (QED) is 0.418. The zero-order chi connectivity index (χ0) is 26.0. The Balaban J connectivity index is 1.76. The molecule has 36 heavy (non-hydrogen) atoms. The fourth-order valence-corrected chi connectivity index (χ4v) is 3.30. The van der Waals surface area contributed by atoms with E-state index in [4.69, 9.17) is 15.0 Å². The van der Waals surface area contributed by atoms with E-state index < -0.39 is 23.1 Å². The smallest absolute Gasteiger partial charge is 0.435 e. The van der Waals surface area contributed by atoms with Crippen LogP contribution in [-0.2, 0) is 18.3 Å². The summed E-state index contributed by atoms with van der Waals surface area (Å²) in [5.74, 6) is -0.358. The van der Waals surface area contributed by atoms with E-state index in [2.05, 4.69) is 20.1 Å². The summed E-state index contributed by atoms with van der Waals surface area (Å²) in [6, 6.07) is 7.84. The summed E-state index contributed by atoms with van der Waals surface area (Å²) in [4.78, 5) is 38.4. The Hall–Kier alpha value is -4.61. The first-order chi connectivity index (χ1) is 17.0. The fourth-order valence-electron chi connectivity index (χ4n) is 3.30. The molecule has 0 saturated carbocycles. The third-order valence-corrected chi connectivity index (χ3v) is 4.99. The lowest BCUT2D eigenvalue weighted by Gasteiger charge is -2.20. The Morgan fingerprint density at radius 3 is 2.69 bits per heavy atom. The van der Waals surface area contributed by atoms with Gasteiger partial charge in [-0.05, 0) is 32.9 Å². The first-order valence-corrected chi connectivity index (χ1v) is 10.9. The summed E-state index contributed by atoms with van der Waals surface area (Å²) < 4.78 is 26.5. The van der Waals surface area contributed by atoms with Gasteiger partial charge in [0.1, 0.15) is 28.8 Å². The van der Waals surface area contributed by atoms with Crippen LogP contribution in [0.5, 0.6) is 0 Å². The predicted molar refractivity (Wildman–Crippen MR) is 130 cm³/mol. The number of allylic oxidation sites excluding steroid dienone is 1. The second kappa shape index (κ2) is 9.56. The molecule has 0 fully saturated rings. The topological polar surface area (TPSA) is 143 Å². The molecule has 0 bridgehead atoms. The summed E-state index contributed by atoms with van der Waals surface area (Å²) in [6.45, 7) is 5.15. The Kier molecular flexibility index (Phi) is 6.51. The van der Waals surface area contributed by atoms with Crippen LogP contribution >= 0.6 is 0 Å². The summed E-state index contributed by atoms with van der Waals surface area (Å²) in [5.41, 5.74) is 6.16. The van der Waals surface area contributed by atoms with Gasteiger partial charge in [0.25, 0.3) is 5.56 Å². The monoisotopic (exact) mass is 493 g/mol. The number of aliphatic imine (C=N–C) groups is 1. The second-order valence-electron chi connectivity index (χ2n) is 8.83. The number of hydrogen-bond donors (Lipinski definition) is 1.